The van der Waals surface area contributed by atoms with Crippen molar-refractivity contribution in [2.75, 3.05) is 19.6 Å². The molecular weight excluding hydrogens is 359 g/mol. The maximum absolute atomic E-state index is 13.5. The van der Waals surface area contributed by atoms with Crippen LogP contribution in [-0.2, 0) is 10.4 Å². The number of aliphatic hydroxyl groups excluding tert-OH is 1. The van der Waals surface area contributed by atoms with Gasteiger partial charge in [0.1, 0.15) is 5.82 Å². The van der Waals surface area contributed by atoms with Gasteiger partial charge in [-0.15, -0.1) is 0 Å². The number of allylic oxidation sites excluding steroid dienone is 3. The molecule has 1 aromatic carbocycles. The first-order chi connectivity index (χ1) is 13.4. The van der Waals surface area contributed by atoms with Crippen molar-refractivity contribution in [2.24, 2.45) is 0 Å². The highest BCUT2D eigenvalue weighted by Gasteiger charge is 2.35. The van der Waals surface area contributed by atoms with Crippen LogP contribution in [0.1, 0.15) is 44.1 Å². The number of benzene rings is 1. The molecule has 1 saturated heterocycles. The number of amides is 1. The number of hydrogen-bond acceptors (Lipinski definition) is 4. The molecule has 3 N–H and O–H groups in total. The zero-order valence-electron chi connectivity index (χ0n) is 16.0. The third-order valence-corrected chi connectivity index (χ3v) is 6.23. The van der Waals surface area contributed by atoms with Crippen molar-refractivity contribution in [3.63, 3.8) is 0 Å². The minimum atomic E-state index is -1.01. The molecule has 4 rings (SSSR count). The number of nitrogens with zero attached hydrogens (tertiary/aromatic N) is 1. The second-order valence-corrected chi connectivity index (χ2v) is 8.13. The average Bonchev–Trinajstić information content (AvgIpc) is 2.69. The maximum atomic E-state index is 13.5. The molecule has 1 amide bonds. The van der Waals surface area contributed by atoms with Crippen molar-refractivity contribution in [2.45, 2.75) is 50.2 Å². The third kappa shape index (κ3) is 4.04. The summed E-state index contributed by atoms with van der Waals surface area (Å²) in [5.74, 6) is -0.254. The zero-order valence-corrected chi connectivity index (χ0v) is 16.0. The maximum Gasteiger partial charge on any atom is 0.224 e. The fourth-order valence-electron chi connectivity index (χ4n) is 4.45. The molecule has 3 aliphatic rings. The van der Waals surface area contributed by atoms with Crippen LogP contribution in [0.2, 0.25) is 0 Å². The minimum absolute atomic E-state index is 0.0789. The van der Waals surface area contributed by atoms with Crippen molar-refractivity contribution in [1.29, 1.82) is 0 Å². The molecule has 0 aromatic heterocycles. The van der Waals surface area contributed by atoms with E-state index in [1.54, 1.807) is 12.1 Å². The lowest BCUT2D eigenvalue weighted by molar-refractivity contribution is -0.120. The predicted octanol–water partition coefficient (Wildman–Crippen LogP) is 2.35. The molecule has 2 heterocycles. The monoisotopic (exact) mass is 386 g/mol. The summed E-state index contributed by atoms with van der Waals surface area (Å²) in [7, 11) is 0. The number of carbonyl (C=O) groups is 1. The van der Waals surface area contributed by atoms with E-state index in [0.717, 1.165) is 36.1 Å². The Balaban J connectivity index is 1.35. The summed E-state index contributed by atoms with van der Waals surface area (Å²) in [5.41, 5.74) is 2.78. The second kappa shape index (κ2) is 7.78. The molecule has 5 nitrogen and oxygen atoms in total. The van der Waals surface area contributed by atoms with Gasteiger partial charge in [-0.1, -0.05) is 18.2 Å². The number of aliphatic hydroxyl groups is 2. The van der Waals surface area contributed by atoms with E-state index in [9.17, 15) is 19.4 Å². The van der Waals surface area contributed by atoms with E-state index < -0.39 is 11.7 Å². The standard InChI is InChI=1S/C22H27FN2O3/c23-18-3-1-2-17(13-18)22(28)8-10-25(11-9-22)14-20(26)16-4-6-19-15(12-16)5-7-21(27)24-19/h1-3,12-13,20,26,28H,4-11,14H2,(H,24,27)/t20-/m0/s1. The van der Waals surface area contributed by atoms with Gasteiger partial charge in [-0.2, -0.15) is 0 Å². The number of likely N-dealkylation sites (tertiary alicyclic amines) is 1. The topological polar surface area (TPSA) is 72.8 Å². The van der Waals surface area contributed by atoms with E-state index in [0.29, 0.717) is 44.5 Å². The van der Waals surface area contributed by atoms with Crippen LogP contribution >= 0.6 is 0 Å². The van der Waals surface area contributed by atoms with Crippen LogP contribution in [0.25, 0.3) is 0 Å². The van der Waals surface area contributed by atoms with E-state index in [1.165, 1.54) is 12.1 Å². The summed E-state index contributed by atoms with van der Waals surface area (Å²) < 4.78 is 13.5. The molecule has 0 radical (unpaired) electrons. The van der Waals surface area contributed by atoms with E-state index in [1.807, 2.05) is 0 Å². The van der Waals surface area contributed by atoms with Crippen molar-refractivity contribution < 1.29 is 19.4 Å². The predicted molar refractivity (Wildman–Crippen MR) is 104 cm³/mol. The van der Waals surface area contributed by atoms with Gasteiger partial charge in [-0.05, 0) is 60.9 Å². The summed E-state index contributed by atoms with van der Waals surface area (Å²) in [6.07, 6.45) is 5.30. The van der Waals surface area contributed by atoms with Crippen LogP contribution in [0, 0.1) is 5.82 Å². The quantitative estimate of drug-likeness (QED) is 0.743. The second-order valence-electron chi connectivity index (χ2n) is 8.13. The first kappa shape index (κ1) is 19.3. The van der Waals surface area contributed by atoms with E-state index in [2.05, 4.69) is 16.3 Å². The third-order valence-electron chi connectivity index (χ3n) is 6.23. The number of β-amino-alcohol motifs (C(OH)–C–C–N with tert-alkyl or cyclic N) is 1. The van der Waals surface area contributed by atoms with Crippen LogP contribution in [0.4, 0.5) is 4.39 Å². The van der Waals surface area contributed by atoms with Gasteiger partial charge in [0.2, 0.25) is 5.91 Å². The number of nitrogens with one attached hydrogen (secondary N) is 1. The molecule has 0 bridgehead atoms. The smallest absolute Gasteiger partial charge is 0.224 e. The fraction of sp³-hybridized carbons (Fsp3) is 0.500. The Kier molecular flexibility index (Phi) is 5.36. The molecule has 2 aliphatic heterocycles. The summed E-state index contributed by atoms with van der Waals surface area (Å²) in [6, 6.07) is 6.19. The van der Waals surface area contributed by atoms with Crippen LogP contribution in [0.15, 0.2) is 47.2 Å². The Bertz CT molecular complexity index is 825. The Morgan fingerprint density at radius 3 is 2.71 bits per heavy atom. The summed E-state index contributed by atoms with van der Waals surface area (Å²) in [6.45, 7) is 1.84. The van der Waals surface area contributed by atoms with Gasteiger partial charge in [0.25, 0.3) is 0 Å². The first-order valence-electron chi connectivity index (χ1n) is 10.0. The van der Waals surface area contributed by atoms with Crippen LogP contribution in [0.5, 0.6) is 0 Å². The molecule has 0 saturated carbocycles. The molecule has 6 heteroatoms. The zero-order chi connectivity index (χ0) is 19.7. The average molecular weight is 386 g/mol. The molecule has 0 spiro atoms. The Hall–Kier alpha value is -2.02. The van der Waals surface area contributed by atoms with Crippen molar-refractivity contribution in [1.82, 2.24) is 10.2 Å². The summed E-state index contributed by atoms with van der Waals surface area (Å²) in [5, 5.41) is 24.6. The molecule has 1 aromatic rings. The summed E-state index contributed by atoms with van der Waals surface area (Å²) in [4.78, 5) is 13.7. The lowest BCUT2D eigenvalue weighted by Crippen LogP contribution is -2.45. The molecule has 28 heavy (non-hydrogen) atoms. The molecule has 1 fully saturated rings. The van der Waals surface area contributed by atoms with Gasteiger partial charge in [0, 0.05) is 31.8 Å². The summed E-state index contributed by atoms with van der Waals surface area (Å²) >= 11 is 0. The van der Waals surface area contributed by atoms with Crippen molar-refractivity contribution in [3.8, 4) is 0 Å². The van der Waals surface area contributed by atoms with Gasteiger partial charge < -0.3 is 20.4 Å². The van der Waals surface area contributed by atoms with Gasteiger partial charge in [-0.3, -0.25) is 4.79 Å². The van der Waals surface area contributed by atoms with Crippen LogP contribution in [0.3, 0.4) is 0 Å². The van der Waals surface area contributed by atoms with E-state index in [4.69, 9.17) is 0 Å². The van der Waals surface area contributed by atoms with Gasteiger partial charge in [-0.25, -0.2) is 4.39 Å². The minimum Gasteiger partial charge on any atom is -0.387 e. The van der Waals surface area contributed by atoms with Crippen LogP contribution < -0.4 is 5.32 Å². The SMILES string of the molecule is O=C1CCC2=C(CCC([C@@H](O)CN3CCC(O)(c4cccc(F)c4)CC3)=C2)N1. The Morgan fingerprint density at radius 1 is 1.18 bits per heavy atom. The molecule has 0 unspecified atom stereocenters. The van der Waals surface area contributed by atoms with E-state index in [-0.39, 0.29) is 11.7 Å². The normalized spacial score (nSPS) is 23.7. The number of rotatable bonds is 4. The number of halogens is 1. The first-order valence-corrected chi connectivity index (χ1v) is 10.0. The number of piperidine rings is 1. The number of hydrogen-bond donors (Lipinski definition) is 3. The highest BCUT2D eigenvalue weighted by Crippen LogP contribution is 2.34. The molecule has 1 atom stereocenters. The van der Waals surface area contributed by atoms with Gasteiger partial charge >= 0.3 is 0 Å². The van der Waals surface area contributed by atoms with Gasteiger partial charge in [0.15, 0.2) is 0 Å². The van der Waals surface area contributed by atoms with Crippen molar-refractivity contribution >= 4 is 5.91 Å². The number of carbonyl (C=O) groups excluding carboxylic acids is 1. The highest BCUT2D eigenvalue weighted by molar-refractivity contribution is 5.80. The molecule has 150 valence electrons. The lowest BCUT2D eigenvalue weighted by Gasteiger charge is -2.39. The largest absolute Gasteiger partial charge is 0.387 e. The fourth-order valence-corrected chi connectivity index (χ4v) is 4.45. The van der Waals surface area contributed by atoms with E-state index >= 15 is 0 Å². The Labute approximate surface area is 164 Å². The van der Waals surface area contributed by atoms with Crippen LogP contribution in [-0.4, -0.2) is 46.8 Å². The molecular formula is C22H27FN2O3. The van der Waals surface area contributed by atoms with Crippen molar-refractivity contribution in [3.05, 3.63) is 58.6 Å². The lowest BCUT2D eigenvalue weighted by atomic mass is 9.84. The molecule has 1 aliphatic carbocycles. The van der Waals surface area contributed by atoms with Gasteiger partial charge in [0.05, 0.1) is 11.7 Å². The highest BCUT2D eigenvalue weighted by atomic mass is 19.1. The Morgan fingerprint density at radius 2 is 1.96 bits per heavy atom.